The van der Waals surface area contributed by atoms with E-state index < -0.39 is 0 Å². The van der Waals surface area contributed by atoms with Crippen LogP contribution in [-0.2, 0) is 0 Å². The SMILES string of the molecule is CCN(CC)C(=O)c1cc2cc3ccc(OC)cc3nc2o1. The maximum absolute atomic E-state index is 12.4. The fraction of sp³-hybridized carbons (Fsp3) is 0.294. The van der Waals surface area contributed by atoms with Crippen molar-refractivity contribution in [3.63, 3.8) is 0 Å². The Morgan fingerprint density at radius 2 is 1.95 bits per heavy atom. The fourth-order valence-corrected chi connectivity index (χ4v) is 2.50. The summed E-state index contributed by atoms with van der Waals surface area (Å²) < 4.78 is 10.9. The van der Waals surface area contributed by atoms with E-state index >= 15 is 0 Å². The Bertz CT molecular complexity index is 834. The number of furan rings is 1. The molecule has 0 radical (unpaired) electrons. The minimum absolute atomic E-state index is 0.107. The van der Waals surface area contributed by atoms with Gasteiger partial charge < -0.3 is 14.1 Å². The highest BCUT2D eigenvalue weighted by Crippen LogP contribution is 2.26. The molecule has 0 aliphatic heterocycles. The van der Waals surface area contributed by atoms with Gasteiger partial charge in [0.25, 0.3) is 5.91 Å². The van der Waals surface area contributed by atoms with Crippen molar-refractivity contribution in [3.8, 4) is 5.75 Å². The van der Waals surface area contributed by atoms with Gasteiger partial charge in [0.2, 0.25) is 5.71 Å². The number of ether oxygens (including phenoxy) is 1. The van der Waals surface area contributed by atoms with Gasteiger partial charge in [-0.2, -0.15) is 0 Å². The molecule has 1 amide bonds. The lowest BCUT2D eigenvalue weighted by Crippen LogP contribution is -2.30. The number of amides is 1. The van der Waals surface area contributed by atoms with Gasteiger partial charge in [0.15, 0.2) is 5.76 Å². The average molecular weight is 298 g/mol. The molecule has 5 heteroatoms. The predicted molar refractivity (Wildman–Crippen MR) is 85.3 cm³/mol. The van der Waals surface area contributed by atoms with Crippen molar-refractivity contribution >= 4 is 27.9 Å². The monoisotopic (exact) mass is 298 g/mol. The molecular formula is C17H18N2O3. The van der Waals surface area contributed by atoms with Gasteiger partial charge >= 0.3 is 0 Å². The molecule has 0 aliphatic rings. The lowest BCUT2D eigenvalue weighted by Gasteiger charge is -2.16. The molecule has 5 nitrogen and oxygen atoms in total. The Morgan fingerprint density at radius 1 is 1.18 bits per heavy atom. The van der Waals surface area contributed by atoms with Crippen LogP contribution in [0.4, 0.5) is 0 Å². The molecule has 0 fully saturated rings. The molecule has 0 bridgehead atoms. The van der Waals surface area contributed by atoms with Gasteiger partial charge in [-0.1, -0.05) is 0 Å². The van der Waals surface area contributed by atoms with Gasteiger partial charge in [-0.3, -0.25) is 4.79 Å². The van der Waals surface area contributed by atoms with Gasteiger partial charge in [-0.15, -0.1) is 0 Å². The molecule has 0 unspecified atom stereocenters. The molecule has 0 atom stereocenters. The molecule has 2 aromatic heterocycles. The highest BCUT2D eigenvalue weighted by molar-refractivity contribution is 5.98. The topological polar surface area (TPSA) is 55.6 Å². The van der Waals surface area contributed by atoms with Crippen molar-refractivity contribution in [2.75, 3.05) is 20.2 Å². The van der Waals surface area contributed by atoms with Gasteiger partial charge in [0.1, 0.15) is 5.75 Å². The van der Waals surface area contributed by atoms with E-state index in [9.17, 15) is 4.79 Å². The lowest BCUT2D eigenvalue weighted by molar-refractivity contribution is 0.0743. The van der Waals surface area contributed by atoms with Crippen molar-refractivity contribution in [1.82, 2.24) is 9.88 Å². The summed E-state index contributed by atoms with van der Waals surface area (Å²) in [5, 5.41) is 1.81. The number of nitrogens with zero attached hydrogens (tertiary/aromatic N) is 2. The van der Waals surface area contributed by atoms with E-state index in [0.717, 1.165) is 22.0 Å². The first-order valence-electron chi connectivity index (χ1n) is 7.33. The van der Waals surface area contributed by atoms with Crippen LogP contribution in [0.3, 0.4) is 0 Å². The molecule has 2 heterocycles. The van der Waals surface area contributed by atoms with Crippen molar-refractivity contribution in [2.24, 2.45) is 0 Å². The first-order valence-corrected chi connectivity index (χ1v) is 7.33. The number of hydrogen-bond acceptors (Lipinski definition) is 4. The van der Waals surface area contributed by atoms with Crippen LogP contribution >= 0.6 is 0 Å². The molecule has 3 aromatic rings. The first kappa shape index (κ1) is 14.4. The van der Waals surface area contributed by atoms with Crippen LogP contribution in [-0.4, -0.2) is 36.0 Å². The standard InChI is InChI=1S/C17H18N2O3/c1-4-19(5-2)17(20)15-9-12-8-11-6-7-13(21-3)10-14(11)18-16(12)22-15/h6-10H,4-5H2,1-3H3. The molecule has 3 rings (SSSR count). The Balaban J connectivity index is 2.09. The zero-order chi connectivity index (χ0) is 15.7. The minimum atomic E-state index is -0.107. The third kappa shape index (κ3) is 2.39. The van der Waals surface area contributed by atoms with Gasteiger partial charge in [-0.05, 0) is 38.1 Å². The highest BCUT2D eigenvalue weighted by atomic mass is 16.5. The van der Waals surface area contributed by atoms with E-state index in [1.54, 1.807) is 18.1 Å². The number of hydrogen-bond donors (Lipinski definition) is 0. The molecule has 0 spiro atoms. The zero-order valence-corrected chi connectivity index (χ0v) is 12.9. The van der Waals surface area contributed by atoms with E-state index in [-0.39, 0.29) is 5.91 Å². The number of carbonyl (C=O) groups excluding carboxylic acids is 1. The highest BCUT2D eigenvalue weighted by Gasteiger charge is 2.18. The summed E-state index contributed by atoms with van der Waals surface area (Å²) in [6.07, 6.45) is 0. The van der Waals surface area contributed by atoms with Gasteiger partial charge in [0.05, 0.1) is 12.6 Å². The average Bonchev–Trinajstić information content (AvgIpc) is 2.95. The molecule has 0 N–H and O–H groups in total. The van der Waals surface area contributed by atoms with Crippen LogP contribution in [0.2, 0.25) is 0 Å². The number of pyridine rings is 1. The molecular weight excluding hydrogens is 280 g/mol. The van der Waals surface area contributed by atoms with Crippen LogP contribution in [0.1, 0.15) is 24.4 Å². The fourth-order valence-electron chi connectivity index (χ4n) is 2.50. The van der Waals surface area contributed by atoms with Crippen LogP contribution in [0, 0.1) is 0 Å². The molecule has 1 aromatic carbocycles. The number of fused-ring (bicyclic) bond motifs is 2. The number of benzene rings is 1. The Labute approximate surface area is 128 Å². The normalized spacial score (nSPS) is 11.0. The van der Waals surface area contributed by atoms with Crippen LogP contribution in [0.5, 0.6) is 5.75 Å². The second kappa shape index (κ2) is 5.67. The Hall–Kier alpha value is -2.56. The van der Waals surface area contributed by atoms with E-state index in [0.29, 0.717) is 24.6 Å². The quantitative estimate of drug-likeness (QED) is 0.740. The van der Waals surface area contributed by atoms with Crippen molar-refractivity contribution < 1.29 is 13.9 Å². The van der Waals surface area contributed by atoms with Crippen molar-refractivity contribution in [1.29, 1.82) is 0 Å². The molecule has 0 saturated heterocycles. The minimum Gasteiger partial charge on any atom is -0.497 e. The van der Waals surface area contributed by atoms with Crippen molar-refractivity contribution in [2.45, 2.75) is 13.8 Å². The van der Waals surface area contributed by atoms with E-state index in [1.165, 1.54) is 0 Å². The van der Waals surface area contributed by atoms with Crippen LogP contribution in [0.25, 0.3) is 22.0 Å². The smallest absolute Gasteiger partial charge is 0.289 e. The summed E-state index contributed by atoms with van der Waals surface area (Å²) in [5.74, 6) is 0.962. The number of carbonyl (C=O) groups is 1. The first-order chi connectivity index (χ1) is 10.7. The van der Waals surface area contributed by atoms with E-state index in [2.05, 4.69) is 4.98 Å². The van der Waals surface area contributed by atoms with Crippen LogP contribution < -0.4 is 4.74 Å². The summed E-state index contributed by atoms with van der Waals surface area (Å²) in [6.45, 7) is 5.20. The maximum atomic E-state index is 12.4. The lowest BCUT2D eigenvalue weighted by atomic mass is 10.2. The van der Waals surface area contributed by atoms with Gasteiger partial charge in [0, 0.05) is 29.9 Å². The summed E-state index contributed by atoms with van der Waals surface area (Å²) in [5.41, 5.74) is 1.25. The second-order valence-corrected chi connectivity index (χ2v) is 5.03. The number of methoxy groups -OCH3 is 1. The number of rotatable bonds is 4. The second-order valence-electron chi connectivity index (χ2n) is 5.03. The Morgan fingerprint density at radius 3 is 2.64 bits per heavy atom. The summed E-state index contributed by atoms with van der Waals surface area (Å²) >= 11 is 0. The third-order valence-electron chi connectivity index (χ3n) is 3.77. The Kier molecular flexibility index (Phi) is 3.71. The van der Waals surface area contributed by atoms with Crippen molar-refractivity contribution in [3.05, 3.63) is 36.1 Å². The molecule has 22 heavy (non-hydrogen) atoms. The summed E-state index contributed by atoms with van der Waals surface area (Å²) in [4.78, 5) is 18.6. The number of aromatic nitrogens is 1. The predicted octanol–water partition coefficient (Wildman–Crippen LogP) is 3.47. The molecule has 0 saturated carbocycles. The van der Waals surface area contributed by atoms with Gasteiger partial charge in [-0.25, -0.2) is 4.98 Å². The molecule has 114 valence electrons. The van der Waals surface area contributed by atoms with E-state index in [4.69, 9.17) is 9.15 Å². The zero-order valence-electron chi connectivity index (χ0n) is 12.9. The summed E-state index contributed by atoms with van der Waals surface area (Å²) in [7, 11) is 1.62. The third-order valence-corrected chi connectivity index (χ3v) is 3.77. The van der Waals surface area contributed by atoms with E-state index in [1.807, 2.05) is 38.1 Å². The summed E-state index contributed by atoms with van der Waals surface area (Å²) in [6, 6.07) is 9.41. The maximum Gasteiger partial charge on any atom is 0.289 e. The largest absolute Gasteiger partial charge is 0.497 e. The molecule has 0 aliphatic carbocycles. The van der Waals surface area contributed by atoms with Crippen LogP contribution in [0.15, 0.2) is 34.7 Å².